The van der Waals surface area contributed by atoms with Gasteiger partial charge in [-0.25, -0.2) is 0 Å². The summed E-state index contributed by atoms with van der Waals surface area (Å²) in [5.74, 6) is 0. The second-order valence-electron chi connectivity index (χ2n) is 17.5. The molecule has 0 unspecified atom stereocenters. The van der Waals surface area contributed by atoms with Gasteiger partial charge in [-0.15, -0.1) is 0 Å². The maximum absolute atomic E-state index is 6.65. The predicted molar refractivity (Wildman–Crippen MR) is 269 cm³/mol. The molecule has 0 saturated carbocycles. The van der Waals surface area contributed by atoms with Gasteiger partial charge in [-0.1, -0.05) is 170 Å². The molecule has 0 bridgehead atoms. The number of hydrogen-bond acceptors (Lipinski definition) is 2. The Bertz CT molecular complexity index is 4210. The third-order valence-corrected chi connectivity index (χ3v) is 14.5. The molecule has 4 heterocycles. The van der Waals surface area contributed by atoms with Gasteiger partial charge < -0.3 is 18.1 Å². The van der Waals surface area contributed by atoms with E-state index in [2.05, 4.69) is 238 Å². The summed E-state index contributed by atoms with van der Waals surface area (Å²) < 4.78 is 11.7. The maximum Gasteiger partial charge on any atom is 0.137 e. The first-order valence-electron chi connectivity index (χ1n) is 22.4. The molecule has 0 fully saturated rings. The first kappa shape index (κ1) is 34.9. The first-order chi connectivity index (χ1) is 32.3. The highest BCUT2D eigenvalue weighted by Crippen LogP contribution is 2.60. The number of nitrogens with zero attached hydrogens (tertiary/aromatic N) is 3. The largest absolute Gasteiger partial charge is 0.456 e. The van der Waals surface area contributed by atoms with E-state index in [9.17, 15) is 0 Å². The molecular formula is C61H37N3O. The van der Waals surface area contributed by atoms with Crippen LogP contribution in [0, 0.1) is 0 Å². The topological polar surface area (TPSA) is 25.2 Å². The molecule has 0 spiro atoms. The van der Waals surface area contributed by atoms with Crippen molar-refractivity contribution in [2.24, 2.45) is 0 Å². The third-order valence-electron chi connectivity index (χ3n) is 14.5. The fourth-order valence-electron chi connectivity index (χ4n) is 12.0. The van der Waals surface area contributed by atoms with Crippen molar-refractivity contribution in [3.8, 4) is 11.1 Å². The van der Waals surface area contributed by atoms with Crippen molar-refractivity contribution in [2.75, 3.05) is 4.90 Å². The van der Waals surface area contributed by atoms with Crippen LogP contribution >= 0.6 is 0 Å². The van der Waals surface area contributed by atoms with Gasteiger partial charge in [0.15, 0.2) is 0 Å². The molecular weight excluding hydrogens is 791 g/mol. The Kier molecular flexibility index (Phi) is 6.85. The minimum Gasteiger partial charge on any atom is -0.456 e. The van der Waals surface area contributed by atoms with Crippen LogP contribution in [0.15, 0.2) is 229 Å². The van der Waals surface area contributed by atoms with Crippen molar-refractivity contribution in [1.29, 1.82) is 0 Å². The lowest BCUT2D eigenvalue weighted by atomic mass is 9.68. The number of fused-ring (bicyclic) bond motifs is 15. The SMILES string of the molecule is c1ccc(C2(c3ccccc3)c3ccccc3-c3c(N(c4ccc5c(c4)n4c6ccccc6c6ccc7c8ccccc8n5c7c64)c4cccc5oc6ccccc6c45)cccc32)cc1. The fourth-order valence-corrected chi connectivity index (χ4v) is 12.0. The lowest BCUT2D eigenvalue weighted by Gasteiger charge is -2.34. The molecule has 0 amide bonds. The quantitative estimate of drug-likeness (QED) is 0.162. The predicted octanol–water partition coefficient (Wildman–Crippen LogP) is 16.0. The van der Waals surface area contributed by atoms with Gasteiger partial charge in [0.05, 0.1) is 55.3 Å². The number of benzene rings is 10. The molecule has 10 aromatic carbocycles. The van der Waals surface area contributed by atoms with Crippen LogP contribution in [-0.4, -0.2) is 8.80 Å². The second-order valence-corrected chi connectivity index (χ2v) is 17.5. The first-order valence-corrected chi connectivity index (χ1v) is 22.4. The van der Waals surface area contributed by atoms with Gasteiger partial charge in [0.2, 0.25) is 0 Å². The Morgan fingerprint density at radius 3 is 1.65 bits per heavy atom. The summed E-state index contributed by atoms with van der Waals surface area (Å²) in [6, 6.07) is 82.6. The fraction of sp³-hybridized carbons (Fsp3) is 0.0164. The molecule has 65 heavy (non-hydrogen) atoms. The van der Waals surface area contributed by atoms with Crippen molar-refractivity contribution >= 4 is 93.6 Å². The third kappa shape index (κ3) is 4.40. The van der Waals surface area contributed by atoms with Crippen LogP contribution in [0.2, 0.25) is 0 Å². The van der Waals surface area contributed by atoms with E-state index in [4.69, 9.17) is 4.42 Å². The zero-order chi connectivity index (χ0) is 42.4. The molecule has 302 valence electrons. The van der Waals surface area contributed by atoms with E-state index in [1.165, 1.54) is 77.0 Å². The zero-order valence-electron chi connectivity index (χ0n) is 35.1. The van der Waals surface area contributed by atoms with Gasteiger partial charge in [-0.05, 0) is 82.4 Å². The van der Waals surface area contributed by atoms with E-state index in [1.54, 1.807) is 0 Å². The van der Waals surface area contributed by atoms with Gasteiger partial charge in [0, 0.05) is 38.2 Å². The van der Waals surface area contributed by atoms with Crippen LogP contribution < -0.4 is 4.90 Å². The lowest BCUT2D eigenvalue weighted by molar-refractivity contribution is 0.669. The lowest BCUT2D eigenvalue weighted by Crippen LogP contribution is -2.28. The Morgan fingerprint density at radius 2 is 0.923 bits per heavy atom. The van der Waals surface area contributed by atoms with Gasteiger partial charge in [0.1, 0.15) is 11.2 Å². The van der Waals surface area contributed by atoms with Crippen molar-refractivity contribution in [1.82, 2.24) is 8.80 Å². The number of rotatable bonds is 5. The average Bonchev–Trinajstić information content (AvgIpc) is 4.11. The van der Waals surface area contributed by atoms with E-state index in [0.717, 1.165) is 50.0 Å². The molecule has 1 aliphatic carbocycles. The average molecular weight is 828 g/mol. The van der Waals surface area contributed by atoms with E-state index < -0.39 is 5.41 Å². The van der Waals surface area contributed by atoms with Crippen molar-refractivity contribution < 1.29 is 4.42 Å². The second kappa shape index (κ2) is 12.7. The summed E-state index contributed by atoms with van der Waals surface area (Å²) in [7, 11) is 0. The molecule has 15 rings (SSSR count). The van der Waals surface area contributed by atoms with Crippen molar-refractivity contribution in [3.63, 3.8) is 0 Å². The molecule has 0 N–H and O–H groups in total. The van der Waals surface area contributed by atoms with Crippen LogP contribution in [0.25, 0.3) is 87.7 Å². The van der Waals surface area contributed by atoms with Crippen molar-refractivity contribution in [2.45, 2.75) is 5.41 Å². The molecule has 0 aliphatic heterocycles. The smallest absolute Gasteiger partial charge is 0.137 e. The summed E-state index contributed by atoms with van der Waals surface area (Å²) in [5.41, 5.74) is 19.1. The molecule has 0 atom stereocenters. The summed E-state index contributed by atoms with van der Waals surface area (Å²) in [4.78, 5) is 2.51. The Hall–Kier alpha value is -8.60. The Balaban J connectivity index is 1.11. The monoisotopic (exact) mass is 827 g/mol. The van der Waals surface area contributed by atoms with E-state index in [0.29, 0.717) is 0 Å². The van der Waals surface area contributed by atoms with E-state index >= 15 is 0 Å². The summed E-state index contributed by atoms with van der Waals surface area (Å²) in [5, 5.41) is 7.21. The van der Waals surface area contributed by atoms with Gasteiger partial charge >= 0.3 is 0 Å². The molecule has 4 nitrogen and oxygen atoms in total. The van der Waals surface area contributed by atoms with Crippen LogP contribution in [0.3, 0.4) is 0 Å². The van der Waals surface area contributed by atoms with Crippen molar-refractivity contribution in [3.05, 3.63) is 247 Å². The number of hydrogen-bond donors (Lipinski definition) is 0. The molecule has 0 radical (unpaired) electrons. The summed E-state index contributed by atoms with van der Waals surface area (Å²) in [6.45, 7) is 0. The van der Waals surface area contributed by atoms with Gasteiger partial charge in [0.25, 0.3) is 0 Å². The zero-order valence-corrected chi connectivity index (χ0v) is 35.1. The number of furan rings is 1. The van der Waals surface area contributed by atoms with Crippen LogP contribution in [0.4, 0.5) is 17.1 Å². The standard InChI is InChI=1S/C61H37N3O/c1-3-17-38(18-4-1)61(39-19-5-2-6-20-39)47-25-11-7-23-45(47)57-48(61)26-15-29-52(57)62(53-30-16-32-56-58(53)46-24-10-14-31-55(46)65-56)40-33-36-51-54(37-40)64-50-28-13-9-22-42(50)44-35-34-43-41-21-8-12-27-49(41)63(51)59(43)60(44)64/h1-37H. The molecule has 14 aromatic rings. The molecule has 4 aromatic heterocycles. The normalized spacial score (nSPS) is 13.4. The van der Waals surface area contributed by atoms with E-state index in [-0.39, 0.29) is 0 Å². The van der Waals surface area contributed by atoms with Crippen LogP contribution in [0.5, 0.6) is 0 Å². The Labute approximate surface area is 373 Å². The van der Waals surface area contributed by atoms with Gasteiger partial charge in [-0.3, -0.25) is 0 Å². The molecule has 0 saturated heterocycles. The molecule has 4 heteroatoms. The number of aromatic nitrogens is 2. The minimum atomic E-state index is -0.555. The van der Waals surface area contributed by atoms with Crippen LogP contribution in [0.1, 0.15) is 22.3 Å². The highest BCUT2D eigenvalue weighted by molar-refractivity contribution is 6.25. The van der Waals surface area contributed by atoms with Crippen LogP contribution in [-0.2, 0) is 5.41 Å². The Morgan fingerprint density at radius 1 is 0.369 bits per heavy atom. The summed E-state index contributed by atoms with van der Waals surface area (Å²) in [6.07, 6.45) is 0. The highest BCUT2D eigenvalue weighted by Gasteiger charge is 2.47. The highest BCUT2D eigenvalue weighted by atomic mass is 16.3. The number of anilines is 3. The minimum absolute atomic E-state index is 0.555. The number of para-hydroxylation sites is 3. The summed E-state index contributed by atoms with van der Waals surface area (Å²) >= 11 is 0. The van der Waals surface area contributed by atoms with Gasteiger partial charge in [-0.2, -0.15) is 0 Å². The van der Waals surface area contributed by atoms with E-state index in [1.807, 2.05) is 0 Å². The molecule has 1 aliphatic rings. The maximum atomic E-state index is 6.65.